The molecule has 0 bridgehead atoms. The van der Waals surface area contributed by atoms with Crippen LogP contribution >= 0.6 is 0 Å². The summed E-state index contributed by atoms with van der Waals surface area (Å²) in [5, 5.41) is 5.51. The lowest BCUT2D eigenvalue weighted by molar-refractivity contribution is -0.115. The first kappa shape index (κ1) is 17.4. The highest BCUT2D eigenvalue weighted by Gasteiger charge is 2.27. The van der Waals surface area contributed by atoms with Gasteiger partial charge in [-0.2, -0.15) is 0 Å². The molecule has 0 aromatic heterocycles. The number of para-hydroxylation sites is 2. The lowest BCUT2D eigenvalue weighted by Gasteiger charge is -2.29. The van der Waals surface area contributed by atoms with E-state index in [1.54, 1.807) is 36.4 Å². The number of amides is 3. The normalized spacial score (nSPS) is 12.7. The Bertz CT molecular complexity index is 827. The van der Waals surface area contributed by atoms with Crippen LogP contribution in [-0.4, -0.2) is 39.8 Å². The van der Waals surface area contributed by atoms with E-state index in [1.807, 2.05) is 0 Å². The van der Waals surface area contributed by atoms with Crippen molar-refractivity contribution in [3.63, 3.8) is 0 Å². The number of nitrogens with one attached hydrogen (secondary N) is 2. The summed E-state index contributed by atoms with van der Waals surface area (Å²) in [5.74, 6) is 0.998. The Morgan fingerprint density at radius 1 is 1.08 bits per heavy atom. The maximum atomic E-state index is 12.8. The number of fused-ring (bicyclic) bond motifs is 1. The van der Waals surface area contributed by atoms with Crippen molar-refractivity contribution in [1.82, 2.24) is 0 Å². The first-order valence-electron chi connectivity index (χ1n) is 7.84. The van der Waals surface area contributed by atoms with Crippen LogP contribution in [0.2, 0.25) is 0 Å². The number of nitrogens with zero attached hydrogens (tertiary/aromatic N) is 1. The maximum absolute atomic E-state index is 12.8. The molecular weight excluding hydrogens is 338 g/mol. The highest BCUT2D eigenvalue weighted by molar-refractivity contribution is 6.12. The number of ether oxygens (including phenoxy) is 3. The van der Waals surface area contributed by atoms with Crippen molar-refractivity contribution in [2.45, 2.75) is 0 Å². The fourth-order valence-electron chi connectivity index (χ4n) is 2.76. The predicted octanol–water partition coefficient (Wildman–Crippen LogP) is 2.70. The minimum Gasteiger partial charge on any atom is -0.493 e. The van der Waals surface area contributed by atoms with Crippen LogP contribution in [0.1, 0.15) is 0 Å². The molecule has 26 heavy (non-hydrogen) atoms. The Kier molecular flexibility index (Phi) is 4.83. The van der Waals surface area contributed by atoms with Crippen molar-refractivity contribution in [2.24, 2.45) is 0 Å². The van der Waals surface area contributed by atoms with Gasteiger partial charge >= 0.3 is 6.03 Å². The molecule has 0 fully saturated rings. The van der Waals surface area contributed by atoms with Crippen LogP contribution < -0.4 is 29.7 Å². The highest BCUT2D eigenvalue weighted by atomic mass is 16.5. The second kappa shape index (κ2) is 7.22. The van der Waals surface area contributed by atoms with E-state index in [1.165, 1.54) is 26.2 Å². The number of hydrogen-bond acceptors (Lipinski definition) is 5. The Morgan fingerprint density at radius 2 is 1.73 bits per heavy atom. The van der Waals surface area contributed by atoms with Crippen LogP contribution in [0.15, 0.2) is 36.4 Å². The molecule has 0 atom stereocenters. The number of carbonyl (C=O) groups is 2. The van der Waals surface area contributed by atoms with Crippen LogP contribution in [0.3, 0.4) is 0 Å². The standard InChI is InChI=1S/C18H19N3O5/c1-24-14-8-11(9-15(25-2)17(14)26-3)19-18(23)21-10-16(22)20-12-6-4-5-7-13(12)21/h4-9H,10H2,1-3H3,(H,19,23)(H,20,22). The predicted molar refractivity (Wildman–Crippen MR) is 97.5 cm³/mol. The van der Waals surface area contributed by atoms with Gasteiger partial charge in [0.25, 0.3) is 0 Å². The third kappa shape index (κ3) is 3.21. The number of carbonyl (C=O) groups excluding carboxylic acids is 2. The lowest BCUT2D eigenvalue weighted by atomic mass is 10.2. The van der Waals surface area contributed by atoms with E-state index in [4.69, 9.17) is 14.2 Å². The second-order valence-corrected chi connectivity index (χ2v) is 5.50. The third-order valence-electron chi connectivity index (χ3n) is 3.93. The molecule has 1 aliphatic heterocycles. The summed E-state index contributed by atoms with van der Waals surface area (Å²) >= 11 is 0. The number of hydrogen-bond donors (Lipinski definition) is 2. The number of anilines is 3. The van der Waals surface area contributed by atoms with Gasteiger partial charge in [0, 0.05) is 12.1 Å². The summed E-state index contributed by atoms with van der Waals surface area (Å²) in [4.78, 5) is 26.0. The zero-order valence-corrected chi connectivity index (χ0v) is 14.7. The zero-order valence-electron chi connectivity index (χ0n) is 14.7. The van der Waals surface area contributed by atoms with E-state index < -0.39 is 6.03 Å². The summed E-state index contributed by atoms with van der Waals surface area (Å²) in [6.07, 6.45) is 0. The van der Waals surface area contributed by atoms with Gasteiger partial charge in [0.1, 0.15) is 6.54 Å². The van der Waals surface area contributed by atoms with Crippen LogP contribution in [0.4, 0.5) is 21.9 Å². The number of urea groups is 1. The molecule has 1 heterocycles. The Balaban J connectivity index is 1.90. The molecule has 2 N–H and O–H groups in total. The van der Waals surface area contributed by atoms with Gasteiger partial charge in [-0.3, -0.25) is 9.69 Å². The highest BCUT2D eigenvalue weighted by Crippen LogP contribution is 2.40. The smallest absolute Gasteiger partial charge is 0.326 e. The van der Waals surface area contributed by atoms with Crippen LogP contribution in [0.25, 0.3) is 0 Å². The molecule has 3 rings (SSSR count). The minimum absolute atomic E-state index is 0.0761. The number of rotatable bonds is 4. The molecule has 0 spiro atoms. The fourth-order valence-corrected chi connectivity index (χ4v) is 2.76. The van der Waals surface area contributed by atoms with E-state index in [0.29, 0.717) is 34.3 Å². The van der Waals surface area contributed by atoms with Gasteiger partial charge in [-0.25, -0.2) is 4.79 Å². The van der Waals surface area contributed by atoms with Crippen LogP contribution in [0, 0.1) is 0 Å². The topological polar surface area (TPSA) is 89.1 Å². The summed E-state index contributed by atoms with van der Waals surface area (Å²) in [6, 6.07) is 9.90. The first-order valence-corrected chi connectivity index (χ1v) is 7.84. The van der Waals surface area contributed by atoms with E-state index in [-0.39, 0.29) is 12.5 Å². The molecule has 0 saturated carbocycles. The van der Waals surface area contributed by atoms with E-state index in [9.17, 15) is 9.59 Å². The average molecular weight is 357 g/mol. The first-order chi connectivity index (χ1) is 12.6. The van der Waals surface area contributed by atoms with Crippen molar-refractivity contribution in [3.05, 3.63) is 36.4 Å². The molecule has 8 nitrogen and oxygen atoms in total. The molecule has 0 unspecified atom stereocenters. The Labute approximate surface area is 150 Å². The average Bonchev–Trinajstić information content (AvgIpc) is 2.66. The molecule has 0 saturated heterocycles. The van der Waals surface area contributed by atoms with Crippen molar-refractivity contribution in [2.75, 3.05) is 43.4 Å². The largest absolute Gasteiger partial charge is 0.493 e. The third-order valence-corrected chi connectivity index (χ3v) is 3.93. The molecule has 136 valence electrons. The van der Waals surface area contributed by atoms with Crippen molar-refractivity contribution in [1.29, 1.82) is 0 Å². The van der Waals surface area contributed by atoms with Gasteiger partial charge in [-0.1, -0.05) is 12.1 Å². The molecule has 1 aliphatic rings. The van der Waals surface area contributed by atoms with Gasteiger partial charge in [0.2, 0.25) is 11.7 Å². The van der Waals surface area contributed by atoms with Gasteiger partial charge in [0.05, 0.1) is 38.4 Å². The van der Waals surface area contributed by atoms with Crippen LogP contribution in [0.5, 0.6) is 17.2 Å². The van der Waals surface area contributed by atoms with Gasteiger partial charge in [-0.05, 0) is 12.1 Å². The summed E-state index contributed by atoms with van der Waals surface area (Å²) in [7, 11) is 4.49. The van der Waals surface area contributed by atoms with E-state index >= 15 is 0 Å². The second-order valence-electron chi connectivity index (χ2n) is 5.50. The molecular formula is C18H19N3O5. The molecule has 8 heteroatoms. The van der Waals surface area contributed by atoms with E-state index in [0.717, 1.165) is 0 Å². The van der Waals surface area contributed by atoms with Gasteiger partial charge < -0.3 is 24.8 Å². The van der Waals surface area contributed by atoms with Crippen LogP contribution in [-0.2, 0) is 4.79 Å². The molecule has 0 radical (unpaired) electrons. The molecule has 0 aliphatic carbocycles. The zero-order chi connectivity index (χ0) is 18.7. The van der Waals surface area contributed by atoms with Crippen molar-refractivity contribution >= 4 is 29.0 Å². The SMILES string of the molecule is COc1cc(NC(=O)N2CC(=O)Nc3ccccc32)cc(OC)c1OC. The lowest BCUT2D eigenvalue weighted by Crippen LogP contribution is -2.44. The molecule has 2 aromatic rings. The summed E-state index contributed by atoms with van der Waals surface area (Å²) < 4.78 is 15.8. The number of benzene rings is 2. The summed E-state index contributed by atoms with van der Waals surface area (Å²) in [5.41, 5.74) is 1.66. The van der Waals surface area contributed by atoms with Gasteiger partial charge in [0.15, 0.2) is 11.5 Å². The Hall–Kier alpha value is -3.42. The maximum Gasteiger partial charge on any atom is 0.326 e. The summed E-state index contributed by atoms with van der Waals surface area (Å²) in [6.45, 7) is -0.0761. The van der Waals surface area contributed by atoms with E-state index in [2.05, 4.69) is 10.6 Å². The minimum atomic E-state index is -0.443. The Morgan fingerprint density at radius 3 is 2.35 bits per heavy atom. The monoisotopic (exact) mass is 357 g/mol. The number of methoxy groups -OCH3 is 3. The molecule has 3 amide bonds. The van der Waals surface area contributed by atoms with Crippen molar-refractivity contribution in [3.8, 4) is 17.2 Å². The molecule has 2 aromatic carbocycles. The fraction of sp³-hybridized carbons (Fsp3) is 0.222. The quantitative estimate of drug-likeness (QED) is 0.878. The van der Waals surface area contributed by atoms with Gasteiger partial charge in [-0.15, -0.1) is 0 Å². The van der Waals surface area contributed by atoms with Crippen molar-refractivity contribution < 1.29 is 23.8 Å².